The van der Waals surface area contributed by atoms with Crippen molar-refractivity contribution in [3.05, 3.63) is 60.2 Å². The number of benzene rings is 2. The third-order valence-corrected chi connectivity index (χ3v) is 5.25. The molecule has 2 atom stereocenters. The number of aliphatic hydroxyl groups is 1. The zero-order valence-corrected chi connectivity index (χ0v) is 15.6. The van der Waals surface area contributed by atoms with Gasteiger partial charge in [-0.15, -0.1) is 0 Å². The van der Waals surface area contributed by atoms with Crippen molar-refractivity contribution in [1.29, 1.82) is 0 Å². The summed E-state index contributed by atoms with van der Waals surface area (Å²) in [5, 5.41) is 9.97. The highest BCUT2D eigenvalue weighted by molar-refractivity contribution is 7.85. The molecule has 1 unspecified atom stereocenters. The van der Waals surface area contributed by atoms with Gasteiger partial charge < -0.3 is 14.6 Å². The van der Waals surface area contributed by atoms with Gasteiger partial charge in [0.05, 0.1) is 43.0 Å². The van der Waals surface area contributed by atoms with Gasteiger partial charge in [-0.05, 0) is 29.8 Å². The zero-order valence-electron chi connectivity index (χ0n) is 14.8. The average molecular weight is 376 g/mol. The van der Waals surface area contributed by atoms with Crippen molar-refractivity contribution in [2.24, 2.45) is 0 Å². The summed E-state index contributed by atoms with van der Waals surface area (Å²) in [6.45, 7) is 0.706. The highest BCUT2D eigenvalue weighted by Crippen LogP contribution is 2.12. The Balaban J connectivity index is 1.64. The van der Waals surface area contributed by atoms with E-state index in [4.69, 9.17) is 9.47 Å². The van der Waals surface area contributed by atoms with Crippen LogP contribution >= 0.6 is 0 Å². The van der Waals surface area contributed by atoms with Gasteiger partial charge in [0.2, 0.25) is 0 Å². The Kier molecular flexibility index (Phi) is 8.47. The summed E-state index contributed by atoms with van der Waals surface area (Å²) in [6, 6.07) is 16.4. The van der Waals surface area contributed by atoms with E-state index in [1.165, 1.54) is 0 Å². The molecule has 0 spiro atoms. The molecule has 0 radical (unpaired) electrons. The number of carbonyl (C=O) groups is 1. The summed E-state index contributed by atoms with van der Waals surface area (Å²) < 4.78 is 22.7. The van der Waals surface area contributed by atoms with E-state index in [-0.39, 0.29) is 24.4 Å². The number of hydrogen-bond donors (Lipinski definition) is 1. The van der Waals surface area contributed by atoms with Gasteiger partial charge in [0.15, 0.2) is 0 Å². The molecule has 6 heteroatoms. The topological polar surface area (TPSA) is 72.8 Å². The summed E-state index contributed by atoms with van der Waals surface area (Å²) in [5.41, 5.74) is 0.997. The number of Topliss-reactive ketones (excluding diaryl/α,β-unsaturated/α-hetero) is 1. The first kappa shape index (κ1) is 20.3. The van der Waals surface area contributed by atoms with Crippen LogP contribution in [0.5, 0.6) is 5.75 Å². The quantitative estimate of drug-likeness (QED) is 0.611. The van der Waals surface area contributed by atoms with Crippen LogP contribution in [0.25, 0.3) is 0 Å². The van der Waals surface area contributed by atoms with Crippen molar-refractivity contribution in [2.75, 3.05) is 19.5 Å². The number of ether oxygens (including phenoxy) is 2. The fourth-order valence-electron chi connectivity index (χ4n) is 2.36. The Morgan fingerprint density at radius 2 is 1.81 bits per heavy atom. The van der Waals surface area contributed by atoms with Crippen molar-refractivity contribution >= 4 is 16.6 Å². The normalized spacial score (nSPS) is 13.2. The van der Waals surface area contributed by atoms with Gasteiger partial charge in [-0.25, -0.2) is 0 Å². The van der Waals surface area contributed by atoms with Crippen molar-refractivity contribution in [2.45, 2.75) is 30.4 Å². The average Bonchev–Trinajstić information content (AvgIpc) is 2.66. The van der Waals surface area contributed by atoms with Gasteiger partial charge in [0.1, 0.15) is 11.5 Å². The van der Waals surface area contributed by atoms with E-state index < -0.39 is 16.9 Å². The summed E-state index contributed by atoms with van der Waals surface area (Å²) in [5.74, 6) is 0.741. The molecule has 0 heterocycles. The third-order valence-electron chi connectivity index (χ3n) is 3.77. The number of carbonyl (C=O) groups excluding carboxylic acids is 1. The Labute approximate surface area is 156 Å². The number of ketones is 1. The molecule has 0 bridgehead atoms. The molecule has 26 heavy (non-hydrogen) atoms. The molecule has 2 rings (SSSR count). The second kappa shape index (κ2) is 10.9. The van der Waals surface area contributed by atoms with E-state index in [1.54, 1.807) is 31.4 Å². The number of rotatable bonds is 11. The Morgan fingerprint density at radius 3 is 2.46 bits per heavy atom. The highest BCUT2D eigenvalue weighted by atomic mass is 32.2. The molecule has 2 aromatic carbocycles. The van der Waals surface area contributed by atoms with Crippen LogP contribution < -0.4 is 4.74 Å². The molecular formula is C20H24O5S. The number of aliphatic hydroxyl groups excluding tert-OH is 1. The molecule has 0 aliphatic heterocycles. The lowest BCUT2D eigenvalue weighted by Crippen LogP contribution is -2.21. The fourth-order valence-corrected chi connectivity index (χ4v) is 3.49. The molecule has 5 nitrogen and oxygen atoms in total. The second-order valence-corrected chi connectivity index (χ2v) is 7.37. The smallest absolute Gasteiger partial charge is 0.137 e. The van der Waals surface area contributed by atoms with Gasteiger partial charge in [0.25, 0.3) is 0 Å². The maximum absolute atomic E-state index is 12.1. The van der Waals surface area contributed by atoms with Gasteiger partial charge >= 0.3 is 0 Å². The Morgan fingerprint density at radius 1 is 1.12 bits per heavy atom. The first-order valence-electron chi connectivity index (χ1n) is 8.42. The molecule has 0 saturated heterocycles. The molecule has 0 aliphatic rings. The van der Waals surface area contributed by atoms with Crippen molar-refractivity contribution in [3.8, 4) is 5.75 Å². The van der Waals surface area contributed by atoms with Crippen LogP contribution in [0.15, 0.2) is 59.5 Å². The summed E-state index contributed by atoms with van der Waals surface area (Å²) in [7, 11) is 0.303. The zero-order chi connectivity index (χ0) is 18.8. The maximum atomic E-state index is 12.1. The lowest BCUT2D eigenvalue weighted by molar-refractivity contribution is -0.121. The number of hydrogen-bond acceptors (Lipinski definition) is 5. The largest absolute Gasteiger partial charge is 0.497 e. The van der Waals surface area contributed by atoms with Crippen molar-refractivity contribution in [3.63, 3.8) is 0 Å². The third kappa shape index (κ3) is 7.07. The second-order valence-electron chi connectivity index (χ2n) is 5.87. The molecule has 140 valence electrons. The molecular weight excluding hydrogens is 352 g/mol. The minimum Gasteiger partial charge on any atom is -0.497 e. The molecule has 2 aromatic rings. The van der Waals surface area contributed by atoms with Crippen LogP contribution in [0, 0.1) is 0 Å². The van der Waals surface area contributed by atoms with E-state index in [2.05, 4.69) is 0 Å². The number of methoxy groups -OCH3 is 1. The highest BCUT2D eigenvalue weighted by Gasteiger charge is 2.15. The molecule has 0 aromatic heterocycles. The van der Waals surface area contributed by atoms with Gasteiger partial charge in [-0.3, -0.25) is 9.00 Å². The van der Waals surface area contributed by atoms with Crippen molar-refractivity contribution in [1.82, 2.24) is 0 Å². The SMILES string of the molecule is COc1ccc(COCCC(=O)C[C@@H](O)CS(=O)c2ccccc2)cc1. The first-order chi connectivity index (χ1) is 12.6. The first-order valence-corrected chi connectivity index (χ1v) is 9.74. The van der Waals surface area contributed by atoms with Gasteiger partial charge in [0, 0.05) is 17.7 Å². The van der Waals surface area contributed by atoms with Crippen LogP contribution in [0.3, 0.4) is 0 Å². The van der Waals surface area contributed by atoms with E-state index in [0.717, 1.165) is 11.3 Å². The predicted molar refractivity (Wildman–Crippen MR) is 101 cm³/mol. The van der Waals surface area contributed by atoms with Crippen LogP contribution in [-0.2, 0) is 26.9 Å². The van der Waals surface area contributed by atoms with Crippen LogP contribution in [0.4, 0.5) is 0 Å². The van der Waals surface area contributed by atoms with E-state index in [1.807, 2.05) is 30.3 Å². The standard InChI is InChI=1S/C20H24O5S/c1-24-19-9-7-16(8-10-19)14-25-12-11-17(21)13-18(22)15-26(23)20-5-3-2-4-6-20/h2-10,18,22H,11-15H2,1H3/t18-,26?/m1/s1. The minimum atomic E-state index is -1.31. The van der Waals surface area contributed by atoms with Gasteiger partial charge in [-0.1, -0.05) is 30.3 Å². The molecule has 0 aliphatic carbocycles. The lowest BCUT2D eigenvalue weighted by Gasteiger charge is -2.10. The van der Waals surface area contributed by atoms with Crippen LogP contribution in [0.1, 0.15) is 18.4 Å². The summed E-state index contributed by atoms with van der Waals surface area (Å²) in [6.07, 6.45) is -0.694. The van der Waals surface area contributed by atoms with E-state index in [9.17, 15) is 14.1 Å². The summed E-state index contributed by atoms with van der Waals surface area (Å²) in [4.78, 5) is 12.6. The molecule has 1 N–H and O–H groups in total. The molecule has 0 fully saturated rings. The molecule has 0 amide bonds. The fraction of sp³-hybridized carbons (Fsp3) is 0.350. The monoisotopic (exact) mass is 376 g/mol. The van der Waals surface area contributed by atoms with E-state index >= 15 is 0 Å². The van der Waals surface area contributed by atoms with Gasteiger partial charge in [-0.2, -0.15) is 0 Å². The Hall–Kier alpha value is -2.02. The molecule has 0 saturated carbocycles. The van der Waals surface area contributed by atoms with Crippen LogP contribution in [-0.4, -0.2) is 40.7 Å². The minimum absolute atomic E-state index is 0.00945. The predicted octanol–water partition coefficient (Wildman–Crippen LogP) is 2.73. The van der Waals surface area contributed by atoms with Crippen LogP contribution in [0.2, 0.25) is 0 Å². The lowest BCUT2D eigenvalue weighted by atomic mass is 10.1. The summed E-state index contributed by atoms with van der Waals surface area (Å²) >= 11 is 0. The Bertz CT molecular complexity index is 700. The van der Waals surface area contributed by atoms with Crippen molar-refractivity contribution < 1.29 is 23.6 Å². The maximum Gasteiger partial charge on any atom is 0.137 e. The van der Waals surface area contributed by atoms with E-state index in [0.29, 0.717) is 18.1 Å².